The van der Waals surface area contributed by atoms with Crippen molar-refractivity contribution in [1.82, 2.24) is 0 Å². The topological polar surface area (TPSA) is 17.1 Å². The highest BCUT2D eigenvalue weighted by Gasteiger charge is 2.14. The molecule has 2 aromatic carbocycles. The summed E-state index contributed by atoms with van der Waals surface area (Å²) in [7, 11) is 0. The Kier molecular flexibility index (Phi) is 3.91. The Labute approximate surface area is 118 Å². The molecule has 0 saturated heterocycles. The maximum Gasteiger partial charge on any atom is 0.253 e. The Hall–Kier alpha value is -1.09. The summed E-state index contributed by atoms with van der Waals surface area (Å²) < 4.78 is 13.1. The van der Waals surface area contributed by atoms with Gasteiger partial charge in [0.25, 0.3) is 5.24 Å². The van der Waals surface area contributed by atoms with Gasteiger partial charge in [-0.15, -0.1) is 0 Å². The van der Waals surface area contributed by atoms with Gasteiger partial charge in [0, 0.05) is 21.2 Å². The molecule has 92 valence electrons. The molecule has 0 bridgehead atoms. The van der Waals surface area contributed by atoms with Crippen LogP contribution in [-0.4, -0.2) is 5.24 Å². The molecule has 0 spiro atoms. The summed E-state index contributed by atoms with van der Waals surface area (Å²) in [5.41, 5.74) is 1.11. The van der Waals surface area contributed by atoms with Crippen molar-refractivity contribution < 1.29 is 9.18 Å². The third-order valence-corrected chi connectivity index (χ3v) is 3.17. The van der Waals surface area contributed by atoms with E-state index in [2.05, 4.69) is 0 Å². The highest BCUT2D eigenvalue weighted by molar-refractivity contribution is 6.68. The monoisotopic (exact) mass is 302 g/mol. The van der Waals surface area contributed by atoms with Gasteiger partial charge in [0.15, 0.2) is 0 Å². The van der Waals surface area contributed by atoms with Crippen molar-refractivity contribution in [3.8, 4) is 11.1 Å². The molecule has 0 amide bonds. The molecule has 2 rings (SSSR count). The van der Waals surface area contributed by atoms with E-state index in [4.69, 9.17) is 34.8 Å². The second-order valence-electron chi connectivity index (χ2n) is 3.59. The molecular formula is C13H6Cl3FO. The van der Waals surface area contributed by atoms with E-state index < -0.39 is 11.1 Å². The molecule has 0 aliphatic rings. The van der Waals surface area contributed by atoms with Crippen molar-refractivity contribution in [2.75, 3.05) is 0 Å². The van der Waals surface area contributed by atoms with Crippen molar-refractivity contribution in [3.05, 3.63) is 57.8 Å². The largest absolute Gasteiger partial charge is 0.276 e. The summed E-state index contributed by atoms with van der Waals surface area (Å²) in [6, 6.07) is 8.61. The first-order chi connectivity index (χ1) is 8.49. The third kappa shape index (κ3) is 2.66. The maximum atomic E-state index is 13.1. The fourth-order valence-electron chi connectivity index (χ4n) is 1.62. The van der Waals surface area contributed by atoms with Crippen molar-refractivity contribution in [2.45, 2.75) is 0 Å². The Morgan fingerprint density at radius 1 is 1.00 bits per heavy atom. The summed E-state index contributed by atoms with van der Waals surface area (Å²) in [5, 5.41) is 0.105. The van der Waals surface area contributed by atoms with Crippen molar-refractivity contribution in [1.29, 1.82) is 0 Å². The zero-order valence-electron chi connectivity index (χ0n) is 8.88. The molecule has 5 heteroatoms. The van der Waals surface area contributed by atoms with Crippen molar-refractivity contribution >= 4 is 40.0 Å². The summed E-state index contributed by atoms with van der Waals surface area (Å²) in [6.07, 6.45) is 0. The van der Waals surface area contributed by atoms with E-state index >= 15 is 0 Å². The van der Waals surface area contributed by atoms with E-state index in [1.54, 1.807) is 18.2 Å². The number of hydrogen-bond donors (Lipinski definition) is 0. The molecule has 0 atom stereocenters. The van der Waals surface area contributed by atoms with E-state index in [1.165, 1.54) is 12.1 Å². The van der Waals surface area contributed by atoms with E-state index in [0.29, 0.717) is 21.2 Å². The molecule has 0 saturated carbocycles. The molecule has 0 N–H and O–H groups in total. The van der Waals surface area contributed by atoms with E-state index in [1.807, 2.05) is 0 Å². The highest BCUT2D eigenvalue weighted by atomic mass is 35.5. The second-order valence-corrected chi connectivity index (χ2v) is 4.77. The first kappa shape index (κ1) is 13.3. The predicted octanol–water partition coefficient (Wildman–Crippen LogP) is 5.18. The summed E-state index contributed by atoms with van der Waals surface area (Å²) in [4.78, 5) is 11.3. The third-order valence-electron chi connectivity index (χ3n) is 2.41. The lowest BCUT2D eigenvalue weighted by Crippen LogP contribution is -1.95. The number of benzene rings is 2. The molecule has 0 aromatic heterocycles. The van der Waals surface area contributed by atoms with Crippen LogP contribution in [0.5, 0.6) is 0 Å². The number of halogens is 4. The van der Waals surface area contributed by atoms with Crippen LogP contribution in [0, 0.1) is 5.82 Å². The van der Waals surface area contributed by atoms with Crippen LogP contribution in [0.3, 0.4) is 0 Å². The first-order valence-corrected chi connectivity index (χ1v) is 6.07. The lowest BCUT2D eigenvalue weighted by atomic mass is 10.00. The van der Waals surface area contributed by atoms with Crippen LogP contribution in [0.15, 0.2) is 36.4 Å². The zero-order valence-corrected chi connectivity index (χ0v) is 11.2. The van der Waals surface area contributed by atoms with Crippen LogP contribution < -0.4 is 0 Å². The van der Waals surface area contributed by atoms with Gasteiger partial charge >= 0.3 is 0 Å². The van der Waals surface area contributed by atoms with E-state index in [-0.39, 0.29) is 5.56 Å². The number of rotatable bonds is 2. The molecule has 0 fully saturated rings. The van der Waals surface area contributed by atoms with Gasteiger partial charge in [-0.25, -0.2) is 4.39 Å². The van der Waals surface area contributed by atoms with Crippen LogP contribution in [0.4, 0.5) is 4.39 Å². The highest BCUT2D eigenvalue weighted by Crippen LogP contribution is 2.33. The fraction of sp³-hybridized carbons (Fsp3) is 0. The normalized spacial score (nSPS) is 10.4. The molecule has 0 aliphatic carbocycles. The standard InChI is InChI=1S/C13H6Cl3FO/c14-7-1-3-10(12(15)5-7)9-4-2-8(17)6-11(9)13(16)18/h1-6H. The summed E-state index contributed by atoms with van der Waals surface area (Å²) in [5.74, 6) is -0.534. The predicted molar refractivity (Wildman–Crippen MR) is 72.0 cm³/mol. The molecule has 1 nitrogen and oxygen atoms in total. The Morgan fingerprint density at radius 2 is 1.67 bits per heavy atom. The average molecular weight is 304 g/mol. The van der Waals surface area contributed by atoms with E-state index in [0.717, 1.165) is 6.07 Å². The van der Waals surface area contributed by atoms with Gasteiger partial charge in [-0.3, -0.25) is 4.79 Å². The minimum Gasteiger partial charge on any atom is -0.276 e. The molecule has 0 heterocycles. The number of hydrogen-bond acceptors (Lipinski definition) is 1. The quantitative estimate of drug-likeness (QED) is 0.699. The zero-order chi connectivity index (χ0) is 13.3. The molecule has 0 aliphatic heterocycles. The molecular weight excluding hydrogens is 297 g/mol. The Bertz CT molecular complexity index is 626. The fourth-order valence-corrected chi connectivity index (χ4v) is 2.29. The SMILES string of the molecule is O=C(Cl)c1cc(F)ccc1-c1ccc(Cl)cc1Cl. The van der Waals surface area contributed by atoms with Crippen LogP contribution >= 0.6 is 34.8 Å². The Morgan fingerprint density at radius 3 is 2.28 bits per heavy atom. The lowest BCUT2D eigenvalue weighted by molar-refractivity contribution is 0.108. The molecule has 0 unspecified atom stereocenters. The van der Waals surface area contributed by atoms with Gasteiger partial charge in [0.05, 0.1) is 0 Å². The van der Waals surface area contributed by atoms with Gasteiger partial charge < -0.3 is 0 Å². The minimum atomic E-state index is -0.740. The first-order valence-electron chi connectivity index (χ1n) is 4.94. The van der Waals surface area contributed by atoms with Gasteiger partial charge in [0.1, 0.15) is 5.82 Å². The second kappa shape index (κ2) is 5.27. The summed E-state index contributed by atoms with van der Waals surface area (Å²) >= 11 is 17.3. The smallest absolute Gasteiger partial charge is 0.253 e. The maximum absolute atomic E-state index is 13.1. The lowest BCUT2D eigenvalue weighted by Gasteiger charge is -2.08. The van der Waals surface area contributed by atoms with Crippen LogP contribution in [0.1, 0.15) is 10.4 Å². The average Bonchev–Trinajstić information content (AvgIpc) is 2.29. The van der Waals surface area contributed by atoms with Crippen LogP contribution in [0.2, 0.25) is 10.0 Å². The molecule has 0 radical (unpaired) electrons. The number of carbonyl (C=O) groups excluding carboxylic acids is 1. The molecule has 2 aromatic rings. The minimum absolute atomic E-state index is 0.0703. The van der Waals surface area contributed by atoms with Crippen LogP contribution in [0.25, 0.3) is 11.1 Å². The van der Waals surface area contributed by atoms with Crippen LogP contribution in [-0.2, 0) is 0 Å². The van der Waals surface area contributed by atoms with E-state index in [9.17, 15) is 9.18 Å². The number of carbonyl (C=O) groups is 1. The van der Waals surface area contributed by atoms with Gasteiger partial charge in [0.2, 0.25) is 0 Å². The molecule has 18 heavy (non-hydrogen) atoms. The van der Waals surface area contributed by atoms with Gasteiger partial charge in [-0.1, -0.05) is 35.3 Å². The van der Waals surface area contributed by atoms with Gasteiger partial charge in [-0.05, 0) is 41.4 Å². The van der Waals surface area contributed by atoms with Crippen molar-refractivity contribution in [3.63, 3.8) is 0 Å². The van der Waals surface area contributed by atoms with Crippen molar-refractivity contribution in [2.24, 2.45) is 0 Å². The Balaban J connectivity index is 2.67. The summed E-state index contributed by atoms with van der Waals surface area (Å²) in [6.45, 7) is 0. The van der Waals surface area contributed by atoms with Gasteiger partial charge in [-0.2, -0.15) is 0 Å².